The molecule has 1 amide bonds. The predicted molar refractivity (Wildman–Crippen MR) is 101 cm³/mol. The van der Waals surface area contributed by atoms with Gasteiger partial charge < -0.3 is 9.64 Å². The molecule has 29 heavy (non-hydrogen) atoms. The third kappa shape index (κ3) is 4.05. The lowest BCUT2D eigenvalue weighted by molar-refractivity contribution is -0.384. The first-order chi connectivity index (χ1) is 13.8. The van der Waals surface area contributed by atoms with Crippen molar-refractivity contribution in [2.24, 2.45) is 0 Å². The molecule has 2 aromatic rings. The summed E-state index contributed by atoms with van der Waals surface area (Å²) in [5.41, 5.74) is -0.234. The first-order valence-electron chi connectivity index (χ1n) is 8.62. The molecule has 1 saturated heterocycles. The molecule has 3 rings (SSSR count). The summed E-state index contributed by atoms with van der Waals surface area (Å²) in [6.45, 7) is 0.0516. The van der Waals surface area contributed by atoms with Gasteiger partial charge in [-0.05, 0) is 18.2 Å². The Balaban J connectivity index is 1.78. The van der Waals surface area contributed by atoms with E-state index in [0.29, 0.717) is 0 Å². The molecule has 1 aliphatic heterocycles. The number of hydrogen-bond acceptors (Lipinski definition) is 6. The van der Waals surface area contributed by atoms with Crippen LogP contribution < -0.4 is 4.74 Å². The van der Waals surface area contributed by atoms with Crippen LogP contribution in [0, 0.1) is 15.9 Å². The maximum absolute atomic E-state index is 13.9. The Morgan fingerprint density at radius 2 is 1.79 bits per heavy atom. The van der Waals surface area contributed by atoms with Crippen LogP contribution in [0.1, 0.15) is 10.4 Å². The van der Waals surface area contributed by atoms with Crippen LogP contribution in [0.15, 0.2) is 47.4 Å². The molecule has 1 aliphatic rings. The van der Waals surface area contributed by atoms with Crippen LogP contribution in [0.25, 0.3) is 0 Å². The van der Waals surface area contributed by atoms with Gasteiger partial charge in [0.15, 0.2) is 0 Å². The highest BCUT2D eigenvalue weighted by atomic mass is 32.2. The summed E-state index contributed by atoms with van der Waals surface area (Å²) in [5, 5.41) is 11.0. The fraction of sp³-hybridized carbons (Fsp3) is 0.278. The number of nitro benzene ring substituents is 1. The van der Waals surface area contributed by atoms with E-state index in [1.54, 1.807) is 0 Å². The number of non-ortho nitro benzene ring substituents is 1. The van der Waals surface area contributed by atoms with E-state index in [1.165, 1.54) is 42.3 Å². The smallest absolute Gasteiger partial charge is 0.270 e. The van der Waals surface area contributed by atoms with Crippen molar-refractivity contribution in [1.82, 2.24) is 9.21 Å². The normalized spacial score (nSPS) is 15.2. The molecule has 0 aliphatic carbocycles. The number of nitrogens with zero attached hydrogens (tertiary/aromatic N) is 3. The highest BCUT2D eigenvalue weighted by Crippen LogP contribution is 2.26. The Morgan fingerprint density at radius 1 is 1.14 bits per heavy atom. The second kappa shape index (κ2) is 8.13. The number of nitro groups is 1. The Hall–Kier alpha value is -3.05. The standard InChI is InChI=1S/C18H18FN3O6S/c1-28-16-7-6-13(22(24)25)12-14(16)18(23)20-8-10-21(11-9-20)29(26,27)17-5-3-2-4-15(17)19/h2-7,12H,8-11H2,1H3. The van der Waals surface area contributed by atoms with E-state index in [0.717, 1.165) is 16.4 Å². The number of rotatable bonds is 5. The largest absolute Gasteiger partial charge is 0.496 e. The zero-order chi connectivity index (χ0) is 21.2. The molecule has 0 spiro atoms. The van der Waals surface area contributed by atoms with Gasteiger partial charge in [-0.15, -0.1) is 0 Å². The zero-order valence-corrected chi connectivity index (χ0v) is 16.3. The fourth-order valence-corrected chi connectivity index (χ4v) is 4.56. The van der Waals surface area contributed by atoms with Gasteiger partial charge in [-0.1, -0.05) is 12.1 Å². The highest BCUT2D eigenvalue weighted by Gasteiger charge is 2.33. The van der Waals surface area contributed by atoms with Gasteiger partial charge >= 0.3 is 0 Å². The van der Waals surface area contributed by atoms with Crippen molar-refractivity contribution in [2.75, 3.05) is 33.3 Å². The summed E-state index contributed by atoms with van der Waals surface area (Å²) >= 11 is 0. The molecule has 0 aromatic heterocycles. The van der Waals surface area contributed by atoms with Crippen LogP contribution >= 0.6 is 0 Å². The van der Waals surface area contributed by atoms with E-state index < -0.39 is 31.6 Å². The highest BCUT2D eigenvalue weighted by molar-refractivity contribution is 7.89. The number of methoxy groups -OCH3 is 1. The Morgan fingerprint density at radius 3 is 2.38 bits per heavy atom. The van der Waals surface area contributed by atoms with Crippen LogP contribution in [0.4, 0.5) is 10.1 Å². The number of hydrogen-bond donors (Lipinski definition) is 0. The topological polar surface area (TPSA) is 110 Å². The Kier molecular flexibility index (Phi) is 5.80. The zero-order valence-electron chi connectivity index (χ0n) is 15.4. The molecular weight excluding hydrogens is 405 g/mol. The molecule has 0 unspecified atom stereocenters. The molecule has 1 heterocycles. The average molecular weight is 423 g/mol. The van der Waals surface area contributed by atoms with Crippen LogP contribution in [-0.2, 0) is 10.0 Å². The molecule has 9 nitrogen and oxygen atoms in total. The minimum atomic E-state index is -4.03. The molecule has 0 atom stereocenters. The van der Waals surface area contributed by atoms with E-state index in [9.17, 15) is 27.7 Å². The number of carbonyl (C=O) groups is 1. The van der Waals surface area contributed by atoms with Crippen LogP contribution in [0.3, 0.4) is 0 Å². The lowest BCUT2D eigenvalue weighted by Crippen LogP contribution is -2.50. The van der Waals surface area contributed by atoms with Crippen molar-refractivity contribution < 1.29 is 27.3 Å². The molecule has 0 saturated carbocycles. The van der Waals surface area contributed by atoms with Crippen molar-refractivity contribution >= 4 is 21.6 Å². The summed E-state index contributed by atoms with van der Waals surface area (Å²) < 4.78 is 45.5. The summed E-state index contributed by atoms with van der Waals surface area (Å²) in [6, 6.07) is 8.79. The van der Waals surface area contributed by atoms with Crippen LogP contribution in [0.2, 0.25) is 0 Å². The van der Waals surface area contributed by atoms with Gasteiger partial charge in [-0.3, -0.25) is 14.9 Å². The molecular formula is C18H18FN3O6S. The second-order valence-corrected chi connectivity index (χ2v) is 8.17. The van der Waals surface area contributed by atoms with E-state index in [2.05, 4.69) is 0 Å². The summed E-state index contributed by atoms with van der Waals surface area (Å²) in [6.07, 6.45) is 0. The van der Waals surface area contributed by atoms with Crippen LogP contribution in [0.5, 0.6) is 5.75 Å². The van der Waals surface area contributed by atoms with E-state index in [1.807, 2.05) is 0 Å². The van der Waals surface area contributed by atoms with Gasteiger partial charge in [-0.25, -0.2) is 12.8 Å². The number of halogens is 1. The van der Waals surface area contributed by atoms with Gasteiger partial charge in [0.25, 0.3) is 11.6 Å². The van der Waals surface area contributed by atoms with Crippen LogP contribution in [-0.4, -0.2) is 61.7 Å². The first-order valence-corrected chi connectivity index (χ1v) is 10.1. The minimum Gasteiger partial charge on any atom is -0.496 e. The fourth-order valence-electron chi connectivity index (χ4n) is 3.07. The summed E-state index contributed by atoms with van der Waals surface area (Å²) in [7, 11) is -2.69. The molecule has 0 N–H and O–H groups in total. The second-order valence-electron chi connectivity index (χ2n) is 6.27. The minimum absolute atomic E-state index is 0.0205. The third-order valence-electron chi connectivity index (χ3n) is 4.60. The number of sulfonamides is 1. The molecule has 1 fully saturated rings. The van der Waals surface area contributed by atoms with Gasteiger partial charge in [0.2, 0.25) is 10.0 Å². The van der Waals surface area contributed by atoms with Gasteiger partial charge in [0.05, 0.1) is 17.6 Å². The van der Waals surface area contributed by atoms with Crippen molar-refractivity contribution in [3.05, 3.63) is 64.0 Å². The Bertz CT molecular complexity index is 1050. The average Bonchev–Trinajstić information content (AvgIpc) is 2.73. The Labute approximate surface area is 166 Å². The molecule has 2 aromatic carbocycles. The van der Waals surface area contributed by atoms with Crippen molar-refractivity contribution in [3.63, 3.8) is 0 Å². The third-order valence-corrected chi connectivity index (χ3v) is 6.54. The molecule has 154 valence electrons. The van der Waals surface area contributed by atoms with E-state index in [4.69, 9.17) is 4.74 Å². The summed E-state index contributed by atoms with van der Waals surface area (Å²) in [5.74, 6) is -1.16. The van der Waals surface area contributed by atoms with E-state index in [-0.39, 0.29) is 43.2 Å². The van der Waals surface area contributed by atoms with Crippen molar-refractivity contribution in [1.29, 1.82) is 0 Å². The monoisotopic (exact) mass is 423 g/mol. The number of benzene rings is 2. The molecule has 0 radical (unpaired) electrons. The van der Waals surface area contributed by atoms with Gasteiger partial charge in [-0.2, -0.15) is 4.31 Å². The lowest BCUT2D eigenvalue weighted by atomic mass is 10.1. The van der Waals surface area contributed by atoms with Crippen molar-refractivity contribution in [2.45, 2.75) is 4.90 Å². The number of carbonyl (C=O) groups excluding carboxylic acids is 1. The maximum atomic E-state index is 13.9. The number of amides is 1. The van der Waals surface area contributed by atoms with Crippen molar-refractivity contribution in [3.8, 4) is 5.75 Å². The number of ether oxygens (including phenoxy) is 1. The lowest BCUT2D eigenvalue weighted by Gasteiger charge is -2.34. The quantitative estimate of drug-likeness (QED) is 0.537. The maximum Gasteiger partial charge on any atom is 0.270 e. The molecule has 11 heteroatoms. The van der Waals surface area contributed by atoms with Gasteiger partial charge in [0, 0.05) is 38.3 Å². The molecule has 0 bridgehead atoms. The van der Waals surface area contributed by atoms with E-state index >= 15 is 0 Å². The first kappa shape index (κ1) is 20.7. The predicted octanol–water partition coefficient (Wildman–Crippen LogP) is 1.89. The van der Waals surface area contributed by atoms with Gasteiger partial charge in [0.1, 0.15) is 16.5 Å². The SMILES string of the molecule is COc1ccc([N+](=O)[O-])cc1C(=O)N1CCN(S(=O)(=O)c2ccccc2F)CC1. The summed E-state index contributed by atoms with van der Waals surface area (Å²) in [4.78, 5) is 24.2. The number of piperazine rings is 1.